The molecule has 2 fully saturated rings. The molecule has 11 heteroatoms. The van der Waals surface area contributed by atoms with Crippen molar-refractivity contribution < 1.29 is 17.5 Å². The highest BCUT2D eigenvalue weighted by atomic mass is 32.2. The van der Waals surface area contributed by atoms with Crippen molar-refractivity contribution in [3.63, 3.8) is 0 Å². The molecule has 4 rings (SSSR count). The molecule has 0 aliphatic carbocycles. The van der Waals surface area contributed by atoms with Gasteiger partial charge in [0.2, 0.25) is 16.0 Å². The SMILES string of the molecule is CS(=O)(=O)N1CCC(Nc2ncc3c(F)cnc(NC4CCOCC4)c3n2)CC1. The van der Waals surface area contributed by atoms with Gasteiger partial charge in [0.15, 0.2) is 11.6 Å². The summed E-state index contributed by atoms with van der Waals surface area (Å²) in [6.07, 6.45) is 6.89. The highest BCUT2D eigenvalue weighted by Gasteiger charge is 2.25. The Hall–Kier alpha value is -2.11. The molecule has 2 saturated heterocycles. The Labute approximate surface area is 169 Å². The molecular formula is C18H25FN6O3S. The fraction of sp³-hybridized carbons (Fsp3) is 0.611. The highest BCUT2D eigenvalue weighted by molar-refractivity contribution is 7.88. The number of aromatic nitrogens is 3. The third kappa shape index (κ3) is 4.73. The number of hydrogen-bond acceptors (Lipinski definition) is 8. The van der Waals surface area contributed by atoms with Crippen LogP contribution < -0.4 is 10.6 Å². The lowest BCUT2D eigenvalue weighted by molar-refractivity contribution is 0.0904. The van der Waals surface area contributed by atoms with Crippen molar-refractivity contribution >= 4 is 32.7 Å². The third-order valence-corrected chi connectivity index (χ3v) is 6.70. The molecule has 4 heterocycles. The van der Waals surface area contributed by atoms with E-state index in [-0.39, 0.29) is 12.1 Å². The first-order chi connectivity index (χ1) is 13.9. The summed E-state index contributed by atoms with van der Waals surface area (Å²) < 4.78 is 44.4. The zero-order valence-electron chi connectivity index (χ0n) is 16.3. The van der Waals surface area contributed by atoms with E-state index in [0.29, 0.717) is 61.8 Å². The van der Waals surface area contributed by atoms with Gasteiger partial charge in [0.05, 0.1) is 17.8 Å². The van der Waals surface area contributed by atoms with E-state index in [1.54, 1.807) is 0 Å². The largest absolute Gasteiger partial charge is 0.381 e. The normalized spacial score (nSPS) is 20.1. The molecule has 0 unspecified atom stereocenters. The lowest BCUT2D eigenvalue weighted by Crippen LogP contribution is -2.42. The number of piperidine rings is 1. The molecule has 29 heavy (non-hydrogen) atoms. The van der Waals surface area contributed by atoms with Crippen LogP contribution in [0.25, 0.3) is 10.9 Å². The Morgan fingerprint density at radius 3 is 2.45 bits per heavy atom. The van der Waals surface area contributed by atoms with Crippen LogP contribution in [0.1, 0.15) is 25.7 Å². The van der Waals surface area contributed by atoms with Gasteiger partial charge in [-0.3, -0.25) is 0 Å². The van der Waals surface area contributed by atoms with Crippen molar-refractivity contribution in [1.82, 2.24) is 19.3 Å². The van der Waals surface area contributed by atoms with Gasteiger partial charge in [-0.2, -0.15) is 0 Å². The Morgan fingerprint density at radius 1 is 1.07 bits per heavy atom. The molecular weight excluding hydrogens is 399 g/mol. The zero-order chi connectivity index (χ0) is 20.4. The van der Waals surface area contributed by atoms with Gasteiger partial charge in [-0.15, -0.1) is 0 Å². The molecule has 9 nitrogen and oxygen atoms in total. The van der Waals surface area contributed by atoms with Crippen LogP contribution in [-0.2, 0) is 14.8 Å². The van der Waals surface area contributed by atoms with Gasteiger partial charge in [-0.05, 0) is 25.7 Å². The number of rotatable bonds is 5. The number of anilines is 2. The van der Waals surface area contributed by atoms with E-state index in [1.807, 2.05) is 0 Å². The first-order valence-corrected chi connectivity index (χ1v) is 11.6. The van der Waals surface area contributed by atoms with E-state index >= 15 is 0 Å². The van der Waals surface area contributed by atoms with E-state index in [4.69, 9.17) is 4.74 Å². The van der Waals surface area contributed by atoms with Crippen molar-refractivity contribution in [2.75, 3.05) is 43.2 Å². The van der Waals surface area contributed by atoms with Gasteiger partial charge in [0.25, 0.3) is 0 Å². The molecule has 0 amide bonds. The van der Waals surface area contributed by atoms with Crippen LogP contribution in [-0.4, -0.2) is 72.3 Å². The highest BCUT2D eigenvalue weighted by Crippen LogP contribution is 2.25. The molecule has 0 aromatic carbocycles. The summed E-state index contributed by atoms with van der Waals surface area (Å²) >= 11 is 0. The number of pyridine rings is 1. The molecule has 2 aliphatic heterocycles. The van der Waals surface area contributed by atoms with E-state index in [1.165, 1.54) is 23.0 Å². The van der Waals surface area contributed by atoms with Crippen LogP contribution >= 0.6 is 0 Å². The second-order valence-corrected chi connectivity index (χ2v) is 9.50. The molecule has 0 saturated carbocycles. The van der Waals surface area contributed by atoms with Crippen molar-refractivity contribution in [3.05, 3.63) is 18.2 Å². The van der Waals surface area contributed by atoms with Crippen molar-refractivity contribution in [3.8, 4) is 0 Å². The maximum atomic E-state index is 14.2. The lowest BCUT2D eigenvalue weighted by atomic mass is 10.1. The minimum absolute atomic E-state index is 0.0545. The van der Waals surface area contributed by atoms with Crippen LogP contribution in [0, 0.1) is 5.82 Å². The molecule has 2 N–H and O–H groups in total. The molecule has 0 atom stereocenters. The number of halogens is 1. The first kappa shape index (κ1) is 20.2. The summed E-state index contributed by atoms with van der Waals surface area (Å²) in [4.78, 5) is 13.0. The van der Waals surface area contributed by atoms with Crippen LogP contribution in [0.2, 0.25) is 0 Å². The number of ether oxygens (including phenoxy) is 1. The summed E-state index contributed by atoms with van der Waals surface area (Å²) in [7, 11) is -3.17. The summed E-state index contributed by atoms with van der Waals surface area (Å²) in [5.74, 6) is 0.453. The van der Waals surface area contributed by atoms with Crippen LogP contribution in [0.3, 0.4) is 0 Å². The van der Waals surface area contributed by atoms with E-state index in [0.717, 1.165) is 12.8 Å². The quantitative estimate of drug-likeness (QED) is 0.745. The predicted octanol–water partition coefficient (Wildman–Crippen LogP) is 1.59. The van der Waals surface area contributed by atoms with Gasteiger partial charge < -0.3 is 15.4 Å². The van der Waals surface area contributed by atoms with Gasteiger partial charge in [-0.25, -0.2) is 32.1 Å². The van der Waals surface area contributed by atoms with Gasteiger partial charge in [0, 0.05) is 44.6 Å². The zero-order valence-corrected chi connectivity index (χ0v) is 17.1. The number of nitrogens with one attached hydrogen (secondary N) is 2. The monoisotopic (exact) mass is 424 g/mol. The maximum Gasteiger partial charge on any atom is 0.223 e. The molecule has 2 aliphatic rings. The van der Waals surface area contributed by atoms with Gasteiger partial charge in [0.1, 0.15) is 5.52 Å². The average molecular weight is 425 g/mol. The second kappa shape index (κ2) is 8.33. The van der Waals surface area contributed by atoms with Gasteiger partial charge >= 0.3 is 0 Å². The van der Waals surface area contributed by atoms with Gasteiger partial charge in [-0.1, -0.05) is 0 Å². The van der Waals surface area contributed by atoms with E-state index in [9.17, 15) is 12.8 Å². The Bertz CT molecular complexity index is 975. The van der Waals surface area contributed by atoms with Crippen LogP contribution in [0.5, 0.6) is 0 Å². The van der Waals surface area contributed by atoms with Crippen LogP contribution in [0.15, 0.2) is 12.4 Å². The minimum Gasteiger partial charge on any atom is -0.381 e. The average Bonchev–Trinajstić information content (AvgIpc) is 2.71. The topological polar surface area (TPSA) is 109 Å². The van der Waals surface area contributed by atoms with Crippen molar-refractivity contribution in [2.24, 2.45) is 0 Å². The Balaban J connectivity index is 1.51. The lowest BCUT2D eigenvalue weighted by Gasteiger charge is -2.30. The molecule has 0 radical (unpaired) electrons. The standard InChI is InChI=1S/C18H25FN6O3S/c1-29(26,27)25-6-2-12(3-7-25)23-18-21-10-14-15(19)11-20-17(16(14)24-18)22-13-4-8-28-9-5-13/h10-13H,2-9H2,1H3,(H,20,22)(H,21,23,24). The predicted molar refractivity (Wildman–Crippen MR) is 108 cm³/mol. The number of fused-ring (bicyclic) bond motifs is 1. The van der Waals surface area contributed by atoms with Crippen molar-refractivity contribution in [1.29, 1.82) is 0 Å². The van der Waals surface area contributed by atoms with Crippen LogP contribution in [0.4, 0.5) is 16.2 Å². The molecule has 0 bridgehead atoms. The number of hydrogen-bond donors (Lipinski definition) is 2. The molecule has 2 aromatic rings. The smallest absolute Gasteiger partial charge is 0.223 e. The number of sulfonamides is 1. The number of nitrogens with zero attached hydrogens (tertiary/aromatic N) is 4. The van der Waals surface area contributed by atoms with E-state index in [2.05, 4.69) is 25.6 Å². The summed E-state index contributed by atoms with van der Waals surface area (Å²) in [5.41, 5.74) is 0.433. The second-order valence-electron chi connectivity index (χ2n) is 7.52. The minimum atomic E-state index is -3.17. The van der Waals surface area contributed by atoms with Crippen molar-refractivity contribution in [2.45, 2.75) is 37.8 Å². The molecule has 0 spiro atoms. The molecule has 2 aromatic heterocycles. The summed E-state index contributed by atoms with van der Waals surface area (Å²) in [6.45, 7) is 2.28. The van der Waals surface area contributed by atoms with E-state index < -0.39 is 15.8 Å². The summed E-state index contributed by atoms with van der Waals surface area (Å²) in [6, 6.07) is 0.260. The Kier molecular flexibility index (Phi) is 5.79. The first-order valence-electron chi connectivity index (χ1n) is 9.77. The molecule has 158 valence electrons. The third-order valence-electron chi connectivity index (χ3n) is 5.40. The fourth-order valence-electron chi connectivity index (χ4n) is 3.71. The maximum absolute atomic E-state index is 14.2. The Morgan fingerprint density at radius 2 is 1.76 bits per heavy atom. The summed E-state index contributed by atoms with van der Waals surface area (Å²) in [5, 5.41) is 6.92. The fourth-order valence-corrected chi connectivity index (χ4v) is 4.59.